The van der Waals surface area contributed by atoms with E-state index in [1.165, 1.54) is 37.0 Å². The third kappa shape index (κ3) is 3.95. The van der Waals surface area contributed by atoms with E-state index in [-0.39, 0.29) is 0 Å². The summed E-state index contributed by atoms with van der Waals surface area (Å²) in [6.07, 6.45) is 7.08. The molecule has 0 aliphatic heterocycles. The molecule has 1 aromatic rings. The SMILES string of the molecule is Oc1ccc(SCSC2CCCCC2)cc1. The van der Waals surface area contributed by atoms with Gasteiger partial charge in [-0.1, -0.05) is 19.3 Å². The molecule has 0 aromatic heterocycles. The molecular formula is C13H18OS2. The molecule has 16 heavy (non-hydrogen) atoms. The monoisotopic (exact) mass is 254 g/mol. The van der Waals surface area contributed by atoms with Crippen molar-refractivity contribution >= 4 is 23.5 Å². The summed E-state index contributed by atoms with van der Waals surface area (Å²) in [5.41, 5.74) is 0. The number of hydrogen-bond acceptors (Lipinski definition) is 3. The first-order chi connectivity index (χ1) is 7.84. The van der Waals surface area contributed by atoms with Crippen molar-refractivity contribution in [2.24, 2.45) is 0 Å². The van der Waals surface area contributed by atoms with Gasteiger partial charge in [0.15, 0.2) is 0 Å². The predicted molar refractivity (Wildman–Crippen MR) is 73.3 cm³/mol. The Bertz CT molecular complexity index is 304. The van der Waals surface area contributed by atoms with Crippen LogP contribution in [-0.4, -0.2) is 15.4 Å². The fourth-order valence-electron chi connectivity index (χ4n) is 1.97. The third-order valence-corrected chi connectivity index (χ3v) is 5.48. The maximum Gasteiger partial charge on any atom is 0.115 e. The fraction of sp³-hybridized carbons (Fsp3) is 0.538. The lowest BCUT2D eigenvalue weighted by Gasteiger charge is -2.20. The lowest BCUT2D eigenvalue weighted by molar-refractivity contribution is 0.475. The molecule has 0 amide bonds. The Morgan fingerprint density at radius 3 is 2.44 bits per heavy atom. The molecule has 1 nitrogen and oxygen atoms in total. The minimum atomic E-state index is 0.351. The van der Waals surface area contributed by atoms with Crippen molar-refractivity contribution < 1.29 is 5.11 Å². The molecule has 1 aromatic carbocycles. The summed E-state index contributed by atoms with van der Waals surface area (Å²) in [5.74, 6) is 0.351. The van der Waals surface area contributed by atoms with Gasteiger partial charge in [-0.2, -0.15) is 0 Å². The molecule has 2 rings (SSSR count). The van der Waals surface area contributed by atoms with E-state index < -0.39 is 0 Å². The Hall–Kier alpha value is -0.280. The van der Waals surface area contributed by atoms with Crippen molar-refractivity contribution in [2.45, 2.75) is 42.2 Å². The standard InChI is InChI=1S/C13H18OS2/c14-11-6-8-13(9-7-11)16-10-15-12-4-2-1-3-5-12/h6-9,12,14H,1-5,10H2. The van der Waals surface area contributed by atoms with Crippen molar-refractivity contribution in [3.05, 3.63) is 24.3 Å². The quantitative estimate of drug-likeness (QED) is 0.630. The second kappa shape index (κ2) is 6.45. The van der Waals surface area contributed by atoms with E-state index in [2.05, 4.69) is 11.8 Å². The van der Waals surface area contributed by atoms with Crippen LogP contribution in [0.3, 0.4) is 0 Å². The van der Waals surface area contributed by atoms with Crippen LogP contribution in [0.2, 0.25) is 0 Å². The van der Waals surface area contributed by atoms with E-state index in [1.807, 2.05) is 23.9 Å². The summed E-state index contributed by atoms with van der Waals surface area (Å²) in [4.78, 5) is 1.25. The van der Waals surface area contributed by atoms with Gasteiger partial charge in [-0.15, -0.1) is 23.5 Å². The molecule has 0 unspecified atom stereocenters. The molecule has 3 heteroatoms. The van der Waals surface area contributed by atoms with Crippen LogP contribution >= 0.6 is 23.5 Å². The second-order valence-electron chi connectivity index (χ2n) is 4.18. The van der Waals surface area contributed by atoms with Crippen molar-refractivity contribution in [1.82, 2.24) is 0 Å². The van der Waals surface area contributed by atoms with Gasteiger partial charge in [-0.05, 0) is 37.1 Å². The van der Waals surface area contributed by atoms with Crippen LogP contribution in [-0.2, 0) is 0 Å². The third-order valence-electron chi connectivity index (χ3n) is 2.92. The number of phenolic OH excluding ortho intramolecular Hbond substituents is 1. The second-order valence-corrected chi connectivity index (χ2v) is 6.89. The Kier molecular flexibility index (Phi) is 4.91. The number of thioether (sulfide) groups is 2. The van der Waals surface area contributed by atoms with Crippen LogP contribution in [0.25, 0.3) is 0 Å². The summed E-state index contributed by atoms with van der Waals surface area (Å²) in [7, 11) is 0. The van der Waals surface area contributed by atoms with Gasteiger partial charge < -0.3 is 5.11 Å². The van der Waals surface area contributed by atoms with Crippen molar-refractivity contribution in [1.29, 1.82) is 0 Å². The van der Waals surface area contributed by atoms with Crippen LogP contribution < -0.4 is 0 Å². The highest BCUT2D eigenvalue weighted by Crippen LogP contribution is 2.32. The van der Waals surface area contributed by atoms with Crippen LogP contribution in [0, 0.1) is 0 Å². The van der Waals surface area contributed by atoms with Gasteiger partial charge in [0.1, 0.15) is 5.75 Å². The minimum Gasteiger partial charge on any atom is -0.508 e. The Morgan fingerprint density at radius 2 is 1.75 bits per heavy atom. The van der Waals surface area contributed by atoms with Gasteiger partial charge in [-0.25, -0.2) is 0 Å². The number of aromatic hydroxyl groups is 1. The highest BCUT2D eigenvalue weighted by molar-refractivity contribution is 8.16. The highest BCUT2D eigenvalue weighted by Gasteiger charge is 2.13. The molecule has 1 saturated carbocycles. The van der Waals surface area contributed by atoms with Crippen LogP contribution in [0.1, 0.15) is 32.1 Å². The van der Waals surface area contributed by atoms with Crippen LogP contribution in [0.4, 0.5) is 0 Å². The Morgan fingerprint density at radius 1 is 1.06 bits per heavy atom. The maximum absolute atomic E-state index is 9.17. The average Bonchev–Trinajstić information content (AvgIpc) is 2.33. The summed E-state index contributed by atoms with van der Waals surface area (Å²) >= 11 is 3.97. The lowest BCUT2D eigenvalue weighted by Crippen LogP contribution is -2.07. The van der Waals surface area contributed by atoms with Crippen molar-refractivity contribution in [3.8, 4) is 5.75 Å². The normalized spacial score (nSPS) is 17.5. The smallest absolute Gasteiger partial charge is 0.115 e. The molecule has 1 N–H and O–H groups in total. The molecule has 0 atom stereocenters. The molecule has 0 radical (unpaired) electrons. The van der Waals surface area contributed by atoms with Gasteiger partial charge in [0, 0.05) is 15.2 Å². The predicted octanol–water partition coefficient (Wildman–Crippen LogP) is 4.51. The summed E-state index contributed by atoms with van der Waals surface area (Å²) in [5, 5.41) is 11.2. The highest BCUT2D eigenvalue weighted by atomic mass is 32.2. The van der Waals surface area contributed by atoms with Gasteiger partial charge in [0.25, 0.3) is 0 Å². The molecule has 1 fully saturated rings. The molecule has 1 aliphatic carbocycles. The molecule has 1 aliphatic rings. The largest absolute Gasteiger partial charge is 0.508 e. The van der Waals surface area contributed by atoms with E-state index >= 15 is 0 Å². The minimum absolute atomic E-state index is 0.351. The zero-order valence-electron chi connectivity index (χ0n) is 9.39. The van der Waals surface area contributed by atoms with E-state index in [0.29, 0.717) is 5.75 Å². The van der Waals surface area contributed by atoms with E-state index in [9.17, 15) is 5.11 Å². The van der Waals surface area contributed by atoms with Gasteiger partial charge in [-0.3, -0.25) is 0 Å². The molecule has 88 valence electrons. The van der Waals surface area contributed by atoms with E-state index in [4.69, 9.17) is 0 Å². The number of benzene rings is 1. The fourth-order valence-corrected chi connectivity index (χ4v) is 4.55. The van der Waals surface area contributed by atoms with Crippen LogP contribution in [0.5, 0.6) is 5.75 Å². The summed E-state index contributed by atoms with van der Waals surface area (Å²) in [6, 6.07) is 7.49. The molecule has 0 spiro atoms. The van der Waals surface area contributed by atoms with Crippen molar-refractivity contribution in [3.63, 3.8) is 0 Å². The summed E-state index contributed by atoms with van der Waals surface area (Å²) in [6.45, 7) is 0. The first-order valence-electron chi connectivity index (χ1n) is 5.88. The average molecular weight is 254 g/mol. The lowest BCUT2D eigenvalue weighted by atomic mass is 10.0. The zero-order valence-corrected chi connectivity index (χ0v) is 11.0. The van der Waals surface area contributed by atoms with Crippen LogP contribution in [0.15, 0.2) is 29.2 Å². The molecular weight excluding hydrogens is 236 g/mol. The van der Waals surface area contributed by atoms with E-state index in [1.54, 1.807) is 12.1 Å². The maximum atomic E-state index is 9.17. The van der Waals surface area contributed by atoms with Crippen molar-refractivity contribution in [2.75, 3.05) is 5.08 Å². The summed E-state index contributed by atoms with van der Waals surface area (Å²) < 4.78 is 0. The Labute approximate surface area is 106 Å². The molecule has 0 saturated heterocycles. The Balaban J connectivity index is 1.69. The number of phenols is 1. The van der Waals surface area contributed by atoms with Gasteiger partial charge in [0.2, 0.25) is 0 Å². The molecule has 0 heterocycles. The first kappa shape index (κ1) is 12.2. The molecule has 0 bridgehead atoms. The number of hydrogen-bond donors (Lipinski definition) is 1. The van der Waals surface area contributed by atoms with E-state index in [0.717, 1.165) is 10.3 Å². The van der Waals surface area contributed by atoms with Gasteiger partial charge >= 0.3 is 0 Å². The first-order valence-corrected chi connectivity index (χ1v) is 7.91. The topological polar surface area (TPSA) is 20.2 Å². The number of rotatable bonds is 4. The zero-order chi connectivity index (χ0) is 11.2. The van der Waals surface area contributed by atoms with Gasteiger partial charge in [0.05, 0.1) is 0 Å².